The molecule has 0 saturated heterocycles. The van der Waals surface area contributed by atoms with Crippen molar-refractivity contribution in [2.45, 2.75) is 12.8 Å². The number of nitrogens with one attached hydrogen (secondary N) is 1. The van der Waals surface area contributed by atoms with Crippen LogP contribution in [-0.4, -0.2) is 42.0 Å². The topological polar surface area (TPSA) is 71.3 Å². The van der Waals surface area contributed by atoms with Gasteiger partial charge in [0.1, 0.15) is 0 Å². The molecule has 0 aliphatic rings. The van der Waals surface area contributed by atoms with Crippen molar-refractivity contribution in [3.05, 3.63) is 27.4 Å². The van der Waals surface area contributed by atoms with Crippen LogP contribution in [0, 0.1) is 10.1 Å². The van der Waals surface area contributed by atoms with Gasteiger partial charge in [-0.1, -0.05) is 11.6 Å². The molecule has 0 saturated carbocycles. The molecule has 0 spiro atoms. The smallest absolute Gasteiger partial charge is 0.312 e. The van der Waals surface area contributed by atoms with Gasteiger partial charge >= 0.3 is 5.69 Å². The van der Waals surface area contributed by atoms with E-state index in [0.29, 0.717) is 6.54 Å². The molecule has 1 aromatic heterocycles. The molecule has 0 aliphatic carbocycles. The third-order valence-electron chi connectivity index (χ3n) is 2.36. The van der Waals surface area contributed by atoms with Crippen molar-refractivity contribution in [3.8, 4) is 0 Å². The van der Waals surface area contributed by atoms with Crippen molar-refractivity contribution in [2.24, 2.45) is 0 Å². The summed E-state index contributed by atoms with van der Waals surface area (Å²) in [6.07, 6.45) is 3.36. The molecule has 1 aromatic rings. The van der Waals surface area contributed by atoms with Crippen molar-refractivity contribution in [1.29, 1.82) is 0 Å². The Kier molecular flexibility index (Phi) is 5.80. The van der Waals surface area contributed by atoms with Gasteiger partial charge in [0.15, 0.2) is 0 Å². The quantitative estimate of drug-likeness (QED) is 0.469. The molecule has 1 heterocycles. The van der Waals surface area contributed by atoms with E-state index in [4.69, 9.17) is 11.6 Å². The zero-order valence-electron chi connectivity index (χ0n) is 10.5. The molecule has 6 nitrogen and oxygen atoms in total. The highest BCUT2D eigenvalue weighted by Gasteiger charge is 2.15. The second kappa shape index (κ2) is 7.13. The molecule has 0 atom stereocenters. The first-order chi connectivity index (χ1) is 8.50. The Morgan fingerprint density at radius 1 is 1.50 bits per heavy atom. The van der Waals surface area contributed by atoms with Crippen molar-refractivity contribution < 1.29 is 4.92 Å². The fraction of sp³-hybridized carbons (Fsp3) is 0.545. The maximum absolute atomic E-state index is 10.8. The predicted molar refractivity (Wildman–Crippen MR) is 72.2 cm³/mol. The number of anilines is 1. The van der Waals surface area contributed by atoms with Gasteiger partial charge in [-0.25, -0.2) is 4.98 Å². The summed E-state index contributed by atoms with van der Waals surface area (Å²) >= 11 is 5.68. The van der Waals surface area contributed by atoms with E-state index in [0.717, 1.165) is 19.4 Å². The Balaban J connectivity index is 2.49. The minimum atomic E-state index is -0.485. The molecular formula is C11H17ClN4O2. The summed E-state index contributed by atoms with van der Waals surface area (Å²) in [4.78, 5) is 16.4. The molecule has 0 aliphatic heterocycles. The molecule has 18 heavy (non-hydrogen) atoms. The largest absolute Gasteiger partial charge is 0.364 e. The fourth-order valence-electron chi connectivity index (χ4n) is 1.46. The number of hydrogen-bond acceptors (Lipinski definition) is 5. The van der Waals surface area contributed by atoms with E-state index in [1.165, 1.54) is 12.3 Å². The predicted octanol–water partition coefficient (Wildman–Crippen LogP) is 2.40. The maximum atomic E-state index is 10.8. The van der Waals surface area contributed by atoms with Crippen molar-refractivity contribution in [1.82, 2.24) is 9.88 Å². The molecule has 0 fully saturated rings. The monoisotopic (exact) mass is 272 g/mol. The van der Waals surface area contributed by atoms with Crippen LogP contribution in [0.15, 0.2) is 12.3 Å². The lowest BCUT2D eigenvalue weighted by Gasteiger charge is -2.09. The van der Waals surface area contributed by atoms with Crippen molar-refractivity contribution in [3.63, 3.8) is 0 Å². The third-order valence-corrected chi connectivity index (χ3v) is 2.56. The van der Waals surface area contributed by atoms with E-state index in [9.17, 15) is 10.1 Å². The molecular weight excluding hydrogens is 256 g/mol. The van der Waals surface area contributed by atoms with E-state index >= 15 is 0 Å². The van der Waals surface area contributed by atoms with Crippen molar-refractivity contribution >= 4 is 23.1 Å². The Hall–Kier alpha value is -1.40. The third kappa shape index (κ3) is 4.85. The highest BCUT2D eigenvalue weighted by atomic mass is 35.5. The van der Waals surface area contributed by atoms with Gasteiger partial charge in [-0.15, -0.1) is 0 Å². The number of rotatable bonds is 7. The summed E-state index contributed by atoms with van der Waals surface area (Å²) in [6, 6.07) is 1.30. The molecule has 0 amide bonds. The minimum Gasteiger partial charge on any atom is -0.364 e. The summed E-state index contributed by atoms with van der Waals surface area (Å²) in [5, 5.41) is 14.0. The first-order valence-electron chi connectivity index (χ1n) is 5.69. The lowest BCUT2D eigenvalue weighted by Crippen LogP contribution is -2.14. The van der Waals surface area contributed by atoms with Crippen LogP contribution in [-0.2, 0) is 0 Å². The highest BCUT2D eigenvalue weighted by molar-refractivity contribution is 6.30. The van der Waals surface area contributed by atoms with E-state index in [-0.39, 0.29) is 16.5 Å². The fourth-order valence-corrected chi connectivity index (χ4v) is 1.62. The number of unbranched alkanes of at least 4 members (excludes halogenated alkanes) is 1. The molecule has 0 aromatic carbocycles. The average Bonchev–Trinajstić information content (AvgIpc) is 2.29. The normalized spacial score (nSPS) is 10.7. The Labute approximate surface area is 111 Å². The van der Waals surface area contributed by atoms with Gasteiger partial charge in [-0.05, 0) is 33.5 Å². The lowest BCUT2D eigenvalue weighted by atomic mass is 10.3. The number of halogens is 1. The van der Waals surface area contributed by atoms with E-state index in [2.05, 4.69) is 15.2 Å². The van der Waals surface area contributed by atoms with Crippen LogP contribution in [0.25, 0.3) is 0 Å². The first kappa shape index (κ1) is 14.7. The van der Waals surface area contributed by atoms with E-state index in [1.54, 1.807) is 0 Å². The zero-order valence-corrected chi connectivity index (χ0v) is 11.3. The molecule has 1 rings (SSSR count). The van der Waals surface area contributed by atoms with Gasteiger partial charge in [0, 0.05) is 18.8 Å². The van der Waals surface area contributed by atoms with Crippen LogP contribution in [0.4, 0.5) is 11.5 Å². The molecule has 0 bridgehead atoms. The van der Waals surface area contributed by atoms with Crippen molar-refractivity contribution in [2.75, 3.05) is 32.5 Å². The second-order valence-corrected chi connectivity index (χ2v) is 4.65. The first-order valence-corrected chi connectivity index (χ1v) is 6.07. The van der Waals surface area contributed by atoms with Gasteiger partial charge in [0.2, 0.25) is 5.82 Å². The van der Waals surface area contributed by atoms with E-state index in [1.807, 2.05) is 14.1 Å². The van der Waals surface area contributed by atoms with Crippen LogP contribution in [0.5, 0.6) is 0 Å². The summed E-state index contributed by atoms with van der Waals surface area (Å²) in [5.41, 5.74) is -0.0879. The Bertz CT molecular complexity index is 412. The number of hydrogen-bond donors (Lipinski definition) is 1. The standard InChI is InChI=1S/C11H17ClN4O2/c1-15(2)6-4-3-5-13-11-10(16(17)18)7-9(12)8-14-11/h7-8H,3-6H2,1-2H3,(H,13,14). The Morgan fingerprint density at radius 3 is 2.83 bits per heavy atom. The van der Waals surface area contributed by atoms with Gasteiger partial charge < -0.3 is 10.2 Å². The van der Waals surface area contributed by atoms with Gasteiger partial charge in [-0.2, -0.15) is 0 Å². The number of nitro groups is 1. The minimum absolute atomic E-state index is 0.0879. The molecule has 7 heteroatoms. The van der Waals surface area contributed by atoms with Crippen LogP contribution in [0.3, 0.4) is 0 Å². The average molecular weight is 273 g/mol. The van der Waals surface area contributed by atoms with Crippen LogP contribution in [0.1, 0.15) is 12.8 Å². The summed E-state index contributed by atoms with van der Waals surface area (Å²) in [7, 11) is 4.03. The van der Waals surface area contributed by atoms with Crippen LogP contribution >= 0.6 is 11.6 Å². The summed E-state index contributed by atoms with van der Waals surface area (Å²) < 4.78 is 0. The van der Waals surface area contributed by atoms with Gasteiger partial charge in [0.05, 0.1) is 9.95 Å². The highest BCUT2D eigenvalue weighted by Crippen LogP contribution is 2.24. The number of pyridine rings is 1. The van der Waals surface area contributed by atoms with E-state index < -0.39 is 4.92 Å². The summed E-state index contributed by atoms with van der Waals surface area (Å²) in [6.45, 7) is 1.65. The van der Waals surface area contributed by atoms with Gasteiger partial charge in [0.25, 0.3) is 0 Å². The molecule has 0 unspecified atom stereocenters. The zero-order chi connectivity index (χ0) is 13.5. The molecule has 0 radical (unpaired) electrons. The molecule has 1 N–H and O–H groups in total. The second-order valence-electron chi connectivity index (χ2n) is 4.22. The maximum Gasteiger partial charge on any atom is 0.312 e. The summed E-state index contributed by atoms with van der Waals surface area (Å²) in [5.74, 6) is 0.272. The Morgan fingerprint density at radius 2 is 2.22 bits per heavy atom. The lowest BCUT2D eigenvalue weighted by molar-refractivity contribution is -0.384. The molecule has 100 valence electrons. The SMILES string of the molecule is CN(C)CCCCNc1ncc(Cl)cc1[N+](=O)[O-]. The van der Waals surface area contributed by atoms with Crippen LogP contribution < -0.4 is 5.32 Å². The van der Waals surface area contributed by atoms with Gasteiger partial charge in [-0.3, -0.25) is 10.1 Å². The van der Waals surface area contributed by atoms with Crippen LogP contribution in [0.2, 0.25) is 5.02 Å². The number of aromatic nitrogens is 1. The number of nitrogens with zero attached hydrogens (tertiary/aromatic N) is 3.